The van der Waals surface area contributed by atoms with Crippen LogP contribution >= 0.6 is 0 Å². The van der Waals surface area contributed by atoms with E-state index in [1.807, 2.05) is 49.4 Å². The highest BCUT2D eigenvalue weighted by Crippen LogP contribution is 2.16. The molecule has 102 valence electrons. The molecule has 0 bridgehead atoms. The molecule has 2 aromatic rings. The number of aliphatic imine (C=N–C) groups is 1. The van der Waals surface area contributed by atoms with E-state index in [1.54, 1.807) is 19.1 Å². The first-order valence-electron chi connectivity index (χ1n) is 6.58. The lowest BCUT2D eigenvalue weighted by molar-refractivity contribution is 0.0526. The number of esters is 1. The lowest BCUT2D eigenvalue weighted by Crippen LogP contribution is -2.03. The summed E-state index contributed by atoms with van der Waals surface area (Å²) in [6.07, 6.45) is 0. The Bertz CT molecular complexity index is 601. The molecule has 0 atom stereocenters. The number of carbonyl (C=O) groups excluding carboxylic acids is 1. The standard InChI is InChI=1S/C17H17NO2/c1-3-20-17(19)15-9-11-16(12-10-15)18-13(2)14-7-5-4-6-8-14/h4-12H,3H2,1-2H3. The Balaban J connectivity index is 2.16. The van der Waals surface area contributed by atoms with Crippen LogP contribution in [0.4, 0.5) is 5.69 Å². The van der Waals surface area contributed by atoms with Gasteiger partial charge >= 0.3 is 5.97 Å². The monoisotopic (exact) mass is 267 g/mol. The molecule has 3 nitrogen and oxygen atoms in total. The van der Waals surface area contributed by atoms with Gasteiger partial charge < -0.3 is 4.74 Å². The summed E-state index contributed by atoms with van der Waals surface area (Å²) in [6, 6.07) is 17.1. The van der Waals surface area contributed by atoms with Crippen molar-refractivity contribution in [2.24, 2.45) is 4.99 Å². The molecule has 2 rings (SSSR count). The molecule has 0 radical (unpaired) electrons. The molecule has 0 N–H and O–H groups in total. The van der Waals surface area contributed by atoms with Crippen LogP contribution in [0.3, 0.4) is 0 Å². The predicted octanol–water partition coefficient (Wildman–Crippen LogP) is 4.00. The maximum Gasteiger partial charge on any atom is 0.338 e. The molecule has 20 heavy (non-hydrogen) atoms. The first-order valence-corrected chi connectivity index (χ1v) is 6.58. The highest BCUT2D eigenvalue weighted by molar-refractivity contribution is 6.00. The van der Waals surface area contributed by atoms with Crippen LogP contribution in [0.2, 0.25) is 0 Å². The van der Waals surface area contributed by atoms with Gasteiger partial charge in [0.05, 0.1) is 17.9 Å². The molecule has 0 aromatic heterocycles. The van der Waals surface area contributed by atoms with E-state index in [4.69, 9.17) is 4.74 Å². The van der Waals surface area contributed by atoms with Crippen LogP contribution in [0, 0.1) is 0 Å². The van der Waals surface area contributed by atoms with Gasteiger partial charge in [-0.1, -0.05) is 30.3 Å². The van der Waals surface area contributed by atoms with Gasteiger partial charge in [0.1, 0.15) is 0 Å². The topological polar surface area (TPSA) is 38.7 Å². The second kappa shape index (κ2) is 6.66. The quantitative estimate of drug-likeness (QED) is 0.620. The molecule has 0 fully saturated rings. The number of hydrogen-bond donors (Lipinski definition) is 0. The van der Waals surface area contributed by atoms with Crippen molar-refractivity contribution in [1.29, 1.82) is 0 Å². The molecular weight excluding hydrogens is 250 g/mol. The zero-order valence-corrected chi connectivity index (χ0v) is 11.7. The molecule has 0 amide bonds. The van der Waals surface area contributed by atoms with E-state index in [-0.39, 0.29) is 5.97 Å². The molecule has 0 spiro atoms. The second-order valence-electron chi connectivity index (χ2n) is 4.33. The zero-order chi connectivity index (χ0) is 14.4. The Morgan fingerprint density at radius 3 is 2.25 bits per heavy atom. The number of carbonyl (C=O) groups is 1. The first-order chi connectivity index (χ1) is 9.70. The fraction of sp³-hybridized carbons (Fsp3) is 0.176. The van der Waals surface area contributed by atoms with Crippen molar-refractivity contribution in [2.45, 2.75) is 13.8 Å². The van der Waals surface area contributed by atoms with Crippen molar-refractivity contribution in [3.05, 3.63) is 65.7 Å². The molecule has 0 saturated heterocycles. The van der Waals surface area contributed by atoms with Gasteiger partial charge in [0, 0.05) is 5.71 Å². The number of ether oxygens (including phenoxy) is 1. The number of benzene rings is 2. The average Bonchev–Trinajstić information content (AvgIpc) is 2.49. The van der Waals surface area contributed by atoms with Crippen molar-refractivity contribution < 1.29 is 9.53 Å². The van der Waals surface area contributed by atoms with Crippen LogP contribution < -0.4 is 0 Å². The summed E-state index contributed by atoms with van der Waals surface area (Å²) in [5.41, 5.74) is 3.39. The molecular formula is C17H17NO2. The minimum absolute atomic E-state index is 0.303. The van der Waals surface area contributed by atoms with E-state index in [1.165, 1.54) is 0 Å². The summed E-state index contributed by atoms with van der Waals surface area (Å²) < 4.78 is 4.94. The molecule has 0 aliphatic heterocycles. The smallest absolute Gasteiger partial charge is 0.338 e. The third kappa shape index (κ3) is 3.54. The average molecular weight is 267 g/mol. The molecule has 0 saturated carbocycles. The minimum Gasteiger partial charge on any atom is -0.462 e. The Labute approximate surface area is 118 Å². The van der Waals surface area contributed by atoms with Gasteiger partial charge in [-0.2, -0.15) is 0 Å². The molecule has 0 unspecified atom stereocenters. The molecule has 2 aromatic carbocycles. The fourth-order valence-electron chi connectivity index (χ4n) is 1.82. The van der Waals surface area contributed by atoms with Crippen LogP contribution in [0.25, 0.3) is 0 Å². The van der Waals surface area contributed by atoms with E-state index in [9.17, 15) is 4.79 Å². The van der Waals surface area contributed by atoms with Crippen LogP contribution in [0.1, 0.15) is 29.8 Å². The lowest BCUT2D eigenvalue weighted by Gasteiger charge is -2.03. The van der Waals surface area contributed by atoms with Crippen LogP contribution in [-0.2, 0) is 4.74 Å². The van der Waals surface area contributed by atoms with E-state index in [0.29, 0.717) is 12.2 Å². The van der Waals surface area contributed by atoms with Crippen LogP contribution in [0.15, 0.2) is 59.6 Å². The Hall–Kier alpha value is -2.42. The van der Waals surface area contributed by atoms with Crippen molar-refractivity contribution in [2.75, 3.05) is 6.61 Å². The summed E-state index contributed by atoms with van der Waals surface area (Å²) in [7, 11) is 0. The van der Waals surface area contributed by atoms with Crippen LogP contribution in [0.5, 0.6) is 0 Å². The number of hydrogen-bond acceptors (Lipinski definition) is 3. The Kier molecular flexibility index (Phi) is 4.66. The first kappa shape index (κ1) is 14.0. The molecule has 0 heterocycles. The third-order valence-electron chi connectivity index (χ3n) is 2.87. The molecule has 3 heteroatoms. The molecule has 0 aliphatic rings. The largest absolute Gasteiger partial charge is 0.462 e. The van der Waals surface area contributed by atoms with E-state index in [2.05, 4.69) is 4.99 Å². The SMILES string of the molecule is CCOC(=O)c1ccc(N=C(C)c2ccccc2)cc1. The van der Waals surface area contributed by atoms with Gasteiger partial charge in [-0.05, 0) is 43.7 Å². The highest BCUT2D eigenvalue weighted by Gasteiger charge is 2.05. The minimum atomic E-state index is -0.303. The fourth-order valence-corrected chi connectivity index (χ4v) is 1.82. The van der Waals surface area contributed by atoms with Gasteiger partial charge in [0.2, 0.25) is 0 Å². The predicted molar refractivity (Wildman–Crippen MR) is 80.7 cm³/mol. The zero-order valence-electron chi connectivity index (χ0n) is 11.7. The lowest BCUT2D eigenvalue weighted by atomic mass is 10.1. The summed E-state index contributed by atoms with van der Waals surface area (Å²) >= 11 is 0. The van der Waals surface area contributed by atoms with Gasteiger partial charge in [0.15, 0.2) is 0 Å². The second-order valence-corrected chi connectivity index (χ2v) is 4.33. The molecule has 0 aliphatic carbocycles. The summed E-state index contributed by atoms with van der Waals surface area (Å²) in [4.78, 5) is 16.1. The van der Waals surface area contributed by atoms with Crippen molar-refractivity contribution in [3.8, 4) is 0 Å². The number of rotatable bonds is 4. The summed E-state index contributed by atoms with van der Waals surface area (Å²) in [5, 5.41) is 0. The highest BCUT2D eigenvalue weighted by atomic mass is 16.5. The maximum absolute atomic E-state index is 11.5. The van der Waals surface area contributed by atoms with Crippen molar-refractivity contribution in [1.82, 2.24) is 0 Å². The van der Waals surface area contributed by atoms with E-state index < -0.39 is 0 Å². The van der Waals surface area contributed by atoms with Crippen molar-refractivity contribution >= 4 is 17.4 Å². The Morgan fingerprint density at radius 2 is 1.65 bits per heavy atom. The van der Waals surface area contributed by atoms with Gasteiger partial charge in [-0.3, -0.25) is 4.99 Å². The van der Waals surface area contributed by atoms with Gasteiger partial charge in [0.25, 0.3) is 0 Å². The summed E-state index contributed by atoms with van der Waals surface area (Å²) in [5.74, 6) is -0.303. The van der Waals surface area contributed by atoms with Crippen molar-refractivity contribution in [3.63, 3.8) is 0 Å². The van der Waals surface area contributed by atoms with E-state index >= 15 is 0 Å². The summed E-state index contributed by atoms with van der Waals surface area (Å²) in [6.45, 7) is 4.14. The third-order valence-corrected chi connectivity index (χ3v) is 2.87. The normalized spacial score (nSPS) is 11.2. The Morgan fingerprint density at radius 1 is 1.00 bits per heavy atom. The van der Waals surface area contributed by atoms with Crippen LogP contribution in [-0.4, -0.2) is 18.3 Å². The maximum atomic E-state index is 11.5. The van der Waals surface area contributed by atoms with E-state index in [0.717, 1.165) is 17.0 Å². The number of nitrogens with zero attached hydrogens (tertiary/aromatic N) is 1. The van der Waals surface area contributed by atoms with Gasteiger partial charge in [-0.25, -0.2) is 4.79 Å². The van der Waals surface area contributed by atoms with Gasteiger partial charge in [-0.15, -0.1) is 0 Å².